The number of Topliss-reactive ketones (excluding diaryl/α,β-unsaturated/α-hetero) is 2. The average Bonchev–Trinajstić information content (AvgIpc) is 3.50. The van der Waals surface area contributed by atoms with Crippen LogP contribution in [0.4, 0.5) is 40.8 Å². The summed E-state index contributed by atoms with van der Waals surface area (Å²) in [5.74, 6) is -9.95. The maximum absolute atomic E-state index is 14.9. The topological polar surface area (TPSA) is 63.2 Å². The Labute approximate surface area is 252 Å². The van der Waals surface area contributed by atoms with Crippen molar-refractivity contribution in [1.82, 2.24) is 0 Å². The molecule has 3 aromatic carbocycles. The van der Waals surface area contributed by atoms with Crippen molar-refractivity contribution in [1.29, 1.82) is 0 Å². The van der Waals surface area contributed by atoms with Crippen LogP contribution in [0.5, 0.6) is 0 Å². The predicted molar refractivity (Wildman–Crippen MR) is 141 cm³/mol. The molecule has 0 spiro atoms. The molecule has 0 heterocycles. The summed E-state index contributed by atoms with van der Waals surface area (Å²) in [5, 5.41) is 2.21. The van der Waals surface area contributed by atoms with Gasteiger partial charge >= 0.3 is 6.18 Å². The van der Waals surface area contributed by atoms with Crippen molar-refractivity contribution in [3.8, 4) is 0 Å². The van der Waals surface area contributed by atoms with E-state index in [9.17, 15) is 49.5 Å². The highest BCUT2D eigenvalue weighted by Gasteiger charge is 2.67. The summed E-state index contributed by atoms with van der Waals surface area (Å²) in [5.41, 5.74) is -3.44. The van der Waals surface area contributed by atoms with E-state index in [0.29, 0.717) is 18.2 Å². The molecule has 4 nitrogen and oxygen atoms in total. The van der Waals surface area contributed by atoms with Crippen molar-refractivity contribution in [2.24, 2.45) is 5.92 Å². The zero-order chi connectivity index (χ0) is 32.0. The van der Waals surface area contributed by atoms with Gasteiger partial charge in [-0.1, -0.05) is 23.7 Å². The Bertz CT molecular complexity index is 1630. The standard InChI is InChI=1S/C28H16Cl3F8NO3/c29-17-4-3-13(9-14(17)20(41)10-15-18(32)5-2-12(24(15)34)8-21(42)25(35)36)40-26(43)23-22(27(23,30)31)11-1-6-19(33)16(7-11)28(37,38)39/h1-7,9,22-23,25H,8,10H2,(H,40,43)/t22-,23+/m0/s1. The van der Waals surface area contributed by atoms with E-state index >= 15 is 0 Å². The number of benzene rings is 3. The number of hydrogen-bond acceptors (Lipinski definition) is 3. The minimum absolute atomic E-state index is 0.0696. The molecule has 1 amide bonds. The third-order valence-corrected chi connectivity index (χ3v) is 8.01. The highest BCUT2D eigenvalue weighted by Crippen LogP contribution is 2.65. The number of alkyl halides is 7. The van der Waals surface area contributed by atoms with Gasteiger partial charge in [-0.05, 0) is 47.5 Å². The van der Waals surface area contributed by atoms with Crippen LogP contribution in [-0.2, 0) is 28.6 Å². The lowest BCUT2D eigenvalue weighted by atomic mass is 9.98. The van der Waals surface area contributed by atoms with Crippen molar-refractivity contribution >= 4 is 58.0 Å². The molecule has 2 atom stereocenters. The molecule has 0 radical (unpaired) electrons. The largest absolute Gasteiger partial charge is 0.419 e. The van der Waals surface area contributed by atoms with Crippen LogP contribution >= 0.6 is 34.8 Å². The molecule has 0 unspecified atom stereocenters. The first-order chi connectivity index (χ1) is 19.9. The van der Waals surface area contributed by atoms with Crippen molar-refractivity contribution < 1.29 is 49.5 Å². The minimum atomic E-state index is -5.02. The predicted octanol–water partition coefficient (Wildman–Crippen LogP) is 8.10. The zero-order valence-electron chi connectivity index (χ0n) is 21.1. The van der Waals surface area contributed by atoms with E-state index in [4.69, 9.17) is 34.8 Å². The molecule has 0 bridgehead atoms. The second-order valence-electron chi connectivity index (χ2n) is 9.59. The van der Waals surface area contributed by atoms with Gasteiger partial charge in [0.25, 0.3) is 6.43 Å². The number of carbonyl (C=O) groups excluding carboxylic acids is 3. The van der Waals surface area contributed by atoms with E-state index in [2.05, 4.69) is 5.32 Å². The Morgan fingerprint density at radius 3 is 2.19 bits per heavy atom. The maximum Gasteiger partial charge on any atom is 0.419 e. The molecule has 0 aliphatic heterocycles. The van der Waals surface area contributed by atoms with E-state index in [0.717, 1.165) is 18.2 Å². The van der Waals surface area contributed by atoms with Gasteiger partial charge in [-0.2, -0.15) is 13.2 Å². The first-order valence-corrected chi connectivity index (χ1v) is 13.2. The lowest BCUT2D eigenvalue weighted by molar-refractivity contribution is -0.140. The molecule has 1 N–H and O–H groups in total. The average molecular weight is 673 g/mol. The number of hydrogen-bond donors (Lipinski definition) is 1. The number of halogens is 11. The number of nitrogens with one attached hydrogen (secondary N) is 1. The molecule has 228 valence electrons. The first-order valence-electron chi connectivity index (χ1n) is 12.1. The Morgan fingerprint density at radius 2 is 1.56 bits per heavy atom. The monoisotopic (exact) mass is 671 g/mol. The van der Waals surface area contributed by atoms with Crippen LogP contribution in [0, 0.1) is 23.4 Å². The van der Waals surface area contributed by atoms with Gasteiger partial charge in [0.1, 0.15) is 21.8 Å². The molecule has 4 rings (SSSR count). The van der Waals surface area contributed by atoms with E-state index in [1.54, 1.807) is 0 Å². The number of amides is 1. The summed E-state index contributed by atoms with van der Waals surface area (Å²) in [4.78, 5) is 37.3. The molecule has 1 fully saturated rings. The summed E-state index contributed by atoms with van der Waals surface area (Å²) in [7, 11) is 0. The van der Waals surface area contributed by atoms with Crippen LogP contribution < -0.4 is 5.32 Å². The van der Waals surface area contributed by atoms with E-state index in [1.807, 2.05) is 0 Å². The van der Waals surface area contributed by atoms with Crippen LogP contribution in [-0.4, -0.2) is 28.2 Å². The zero-order valence-corrected chi connectivity index (χ0v) is 23.4. The molecule has 1 aliphatic rings. The SMILES string of the molecule is O=C(Cc1c(F)ccc(CC(=O)C(F)F)c1F)c1cc(NC(=O)[C@H]2[C@H](c3ccc(F)c(C(F)(F)F)c3)C2(Cl)Cl)ccc1Cl. The first kappa shape index (κ1) is 32.7. The van der Waals surface area contributed by atoms with Gasteiger partial charge in [0.2, 0.25) is 11.7 Å². The van der Waals surface area contributed by atoms with E-state index < -0.39 is 93.2 Å². The Kier molecular flexibility index (Phi) is 9.16. The summed E-state index contributed by atoms with van der Waals surface area (Å²) in [6, 6.07) is 7.08. The molecule has 1 saturated carbocycles. The fourth-order valence-corrected chi connectivity index (χ4v) is 5.57. The van der Waals surface area contributed by atoms with Crippen molar-refractivity contribution in [2.45, 2.75) is 35.7 Å². The van der Waals surface area contributed by atoms with Gasteiger partial charge in [0, 0.05) is 35.6 Å². The number of carbonyl (C=O) groups is 3. The van der Waals surface area contributed by atoms with Gasteiger partial charge in [-0.3, -0.25) is 14.4 Å². The summed E-state index contributed by atoms with van der Waals surface area (Å²) >= 11 is 18.5. The van der Waals surface area contributed by atoms with Gasteiger partial charge in [0.15, 0.2) is 5.78 Å². The summed E-state index contributed by atoms with van der Waals surface area (Å²) in [6.45, 7) is 0. The highest BCUT2D eigenvalue weighted by molar-refractivity contribution is 6.53. The van der Waals surface area contributed by atoms with Crippen molar-refractivity contribution in [2.75, 3.05) is 5.32 Å². The normalized spacial score (nSPS) is 17.6. The smallest absolute Gasteiger partial charge is 0.326 e. The van der Waals surface area contributed by atoms with Crippen molar-refractivity contribution in [3.05, 3.63) is 98.8 Å². The van der Waals surface area contributed by atoms with Gasteiger partial charge in [-0.25, -0.2) is 22.0 Å². The lowest BCUT2D eigenvalue weighted by Crippen LogP contribution is -2.18. The second kappa shape index (κ2) is 12.0. The number of anilines is 1. The van der Waals surface area contributed by atoms with Crippen LogP contribution in [0.3, 0.4) is 0 Å². The Morgan fingerprint density at radius 1 is 0.907 bits per heavy atom. The fourth-order valence-electron chi connectivity index (χ4n) is 4.52. The molecule has 3 aromatic rings. The third-order valence-electron chi connectivity index (χ3n) is 6.74. The van der Waals surface area contributed by atoms with Crippen LogP contribution in [0.25, 0.3) is 0 Å². The molecule has 1 aliphatic carbocycles. The van der Waals surface area contributed by atoms with Gasteiger partial charge < -0.3 is 5.32 Å². The fraction of sp³-hybridized carbons (Fsp3) is 0.250. The molecule has 0 aromatic heterocycles. The molecular formula is C28H16Cl3F8NO3. The van der Waals surface area contributed by atoms with E-state index in [-0.39, 0.29) is 21.8 Å². The van der Waals surface area contributed by atoms with E-state index in [1.165, 1.54) is 12.1 Å². The molecule has 15 heteroatoms. The number of rotatable bonds is 9. The summed E-state index contributed by atoms with van der Waals surface area (Å²) < 4.78 is 106. The lowest BCUT2D eigenvalue weighted by Gasteiger charge is -2.12. The summed E-state index contributed by atoms with van der Waals surface area (Å²) in [6.07, 6.45) is -10.4. The molecular weight excluding hydrogens is 657 g/mol. The second-order valence-corrected chi connectivity index (χ2v) is 11.4. The third kappa shape index (κ3) is 6.81. The minimum Gasteiger partial charge on any atom is -0.326 e. The quantitative estimate of drug-likeness (QED) is 0.142. The van der Waals surface area contributed by atoms with Crippen LogP contribution in [0.1, 0.15) is 38.5 Å². The van der Waals surface area contributed by atoms with Crippen LogP contribution in [0.15, 0.2) is 48.5 Å². The Hall–Kier alpha value is -3.22. The van der Waals surface area contributed by atoms with Crippen LogP contribution in [0.2, 0.25) is 5.02 Å². The molecule has 0 saturated heterocycles. The number of ketones is 2. The van der Waals surface area contributed by atoms with Crippen molar-refractivity contribution in [3.63, 3.8) is 0 Å². The molecule has 43 heavy (non-hydrogen) atoms. The maximum atomic E-state index is 14.9. The Balaban J connectivity index is 1.53. The highest BCUT2D eigenvalue weighted by atomic mass is 35.5. The van der Waals surface area contributed by atoms with Gasteiger partial charge in [0.05, 0.1) is 16.5 Å². The van der Waals surface area contributed by atoms with Gasteiger partial charge in [-0.15, -0.1) is 23.2 Å².